The van der Waals surface area contributed by atoms with E-state index in [1.54, 1.807) is 24.3 Å². The summed E-state index contributed by atoms with van der Waals surface area (Å²) >= 11 is 5.90. The molecule has 1 saturated heterocycles. The summed E-state index contributed by atoms with van der Waals surface area (Å²) in [4.78, 5) is 14.5. The largest absolute Gasteiger partial charge is 0.350 e. The molecule has 110 valence electrons. The molecule has 0 bridgehead atoms. The fraction of sp³-hybridized carbons (Fsp3) is 0.562. The average Bonchev–Trinajstić information content (AvgIpc) is 2.45. The first-order chi connectivity index (χ1) is 9.56. The van der Waals surface area contributed by atoms with Crippen molar-refractivity contribution >= 4 is 17.5 Å². The van der Waals surface area contributed by atoms with Crippen LogP contribution in [0.15, 0.2) is 24.3 Å². The van der Waals surface area contributed by atoms with Crippen LogP contribution < -0.4 is 5.32 Å². The molecule has 20 heavy (non-hydrogen) atoms. The quantitative estimate of drug-likeness (QED) is 0.925. The van der Waals surface area contributed by atoms with Crippen LogP contribution in [0.25, 0.3) is 0 Å². The maximum absolute atomic E-state index is 12.0. The molecule has 1 aliphatic heterocycles. The number of amides is 1. The van der Waals surface area contributed by atoms with Gasteiger partial charge in [0.25, 0.3) is 5.91 Å². The summed E-state index contributed by atoms with van der Waals surface area (Å²) in [6.45, 7) is 7.43. The van der Waals surface area contributed by atoms with Crippen LogP contribution in [0.3, 0.4) is 0 Å². The normalized spacial score (nSPS) is 18.8. The number of piperidine rings is 1. The molecule has 1 N–H and O–H groups in total. The van der Waals surface area contributed by atoms with Crippen molar-refractivity contribution in [1.29, 1.82) is 0 Å². The molecule has 3 nitrogen and oxygen atoms in total. The molecule has 0 spiro atoms. The van der Waals surface area contributed by atoms with Crippen molar-refractivity contribution in [2.45, 2.75) is 32.7 Å². The molecular formula is C16H23ClN2O. The minimum absolute atomic E-state index is 0.0512. The highest BCUT2D eigenvalue weighted by Gasteiger charge is 2.20. The van der Waals surface area contributed by atoms with Gasteiger partial charge in [0, 0.05) is 23.2 Å². The van der Waals surface area contributed by atoms with Gasteiger partial charge in [0.1, 0.15) is 0 Å². The number of hydrogen-bond donors (Lipinski definition) is 1. The Labute approximate surface area is 126 Å². The van der Waals surface area contributed by atoms with Crippen LogP contribution in [0.4, 0.5) is 0 Å². The first-order valence-electron chi connectivity index (χ1n) is 7.34. The summed E-state index contributed by atoms with van der Waals surface area (Å²) < 4.78 is 0. The van der Waals surface area contributed by atoms with E-state index in [0.29, 0.717) is 23.2 Å². The lowest BCUT2D eigenvalue weighted by Crippen LogP contribution is -2.45. The molecule has 1 atom stereocenters. The smallest absolute Gasteiger partial charge is 0.251 e. The number of carbonyl (C=O) groups is 1. The monoisotopic (exact) mass is 294 g/mol. The van der Waals surface area contributed by atoms with Crippen LogP contribution >= 0.6 is 11.6 Å². The van der Waals surface area contributed by atoms with Gasteiger partial charge in [0.2, 0.25) is 0 Å². The second-order valence-corrected chi connectivity index (χ2v) is 6.22. The molecule has 1 heterocycles. The molecule has 1 aromatic rings. The van der Waals surface area contributed by atoms with Gasteiger partial charge in [0.15, 0.2) is 0 Å². The Bertz CT molecular complexity index is 456. The Morgan fingerprint density at radius 2 is 2.15 bits per heavy atom. The van der Waals surface area contributed by atoms with Gasteiger partial charge < -0.3 is 5.32 Å². The van der Waals surface area contributed by atoms with E-state index in [4.69, 9.17) is 11.6 Å². The molecule has 1 aromatic carbocycles. The summed E-state index contributed by atoms with van der Waals surface area (Å²) in [5.41, 5.74) is 0.622. The Balaban J connectivity index is 1.81. The van der Waals surface area contributed by atoms with Crippen LogP contribution in [0.2, 0.25) is 5.02 Å². The Morgan fingerprint density at radius 1 is 1.45 bits per heavy atom. The van der Waals surface area contributed by atoms with E-state index in [2.05, 4.69) is 24.1 Å². The van der Waals surface area contributed by atoms with Crippen molar-refractivity contribution in [3.05, 3.63) is 34.9 Å². The topological polar surface area (TPSA) is 32.3 Å². The number of benzene rings is 1. The zero-order chi connectivity index (χ0) is 14.5. The van der Waals surface area contributed by atoms with Gasteiger partial charge in [-0.25, -0.2) is 0 Å². The van der Waals surface area contributed by atoms with E-state index < -0.39 is 0 Å². The van der Waals surface area contributed by atoms with Crippen molar-refractivity contribution < 1.29 is 4.79 Å². The highest BCUT2D eigenvalue weighted by Crippen LogP contribution is 2.17. The van der Waals surface area contributed by atoms with Crippen LogP contribution in [-0.4, -0.2) is 36.5 Å². The third kappa shape index (κ3) is 4.22. The molecule has 1 amide bonds. The van der Waals surface area contributed by atoms with E-state index in [-0.39, 0.29) is 5.91 Å². The van der Waals surface area contributed by atoms with Crippen LogP contribution in [0.1, 0.15) is 37.0 Å². The number of likely N-dealkylation sites (tertiary alicyclic amines) is 1. The van der Waals surface area contributed by atoms with E-state index in [9.17, 15) is 4.79 Å². The summed E-state index contributed by atoms with van der Waals surface area (Å²) in [6, 6.07) is 7.44. The number of hydrogen-bond acceptors (Lipinski definition) is 2. The van der Waals surface area contributed by atoms with Crippen molar-refractivity contribution in [3.63, 3.8) is 0 Å². The second-order valence-electron chi connectivity index (χ2n) is 5.79. The summed E-state index contributed by atoms with van der Waals surface area (Å²) in [5.74, 6) is 0.782. The molecule has 0 saturated carbocycles. The number of nitrogens with one attached hydrogen (secondary N) is 1. The zero-order valence-corrected chi connectivity index (χ0v) is 13.0. The second kappa shape index (κ2) is 7.09. The Kier molecular flexibility index (Phi) is 5.44. The molecule has 0 aliphatic carbocycles. The first kappa shape index (κ1) is 15.3. The number of rotatable bonds is 4. The lowest BCUT2D eigenvalue weighted by atomic mass is 9.98. The fourth-order valence-electron chi connectivity index (χ4n) is 2.57. The van der Waals surface area contributed by atoms with Crippen LogP contribution in [0.5, 0.6) is 0 Å². The molecule has 0 aromatic heterocycles. The summed E-state index contributed by atoms with van der Waals surface area (Å²) in [7, 11) is 0. The van der Waals surface area contributed by atoms with Gasteiger partial charge in [-0.2, -0.15) is 0 Å². The highest BCUT2D eigenvalue weighted by atomic mass is 35.5. The van der Waals surface area contributed by atoms with Gasteiger partial charge in [-0.05, 0) is 57.0 Å². The lowest BCUT2D eigenvalue weighted by molar-refractivity contribution is 0.0921. The number of halogens is 1. The van der Waals surface area contributed by atoms with E-state index in [1.165, 1.54) is 12.8 Å². The zero-order valence-electron chi connectivity index (χ0n) is 12.2. The van der Waals surface area contributed by atoms with Crippen molar-refractivity contribution in [2.24, 2.45) is 5.92 Å². The third-order valence-electron chi connectivity index (χ3n) is 4.09. The molecule has 1 aliphatic rings. The van der Waals surface area contributed by atoms with Crippen molar-refractivity contribution in [1.82, 2.24) is 10.2 Å². The van der Waals surface area contributed by atoms with Crippen molar-refractivity contribution in [2.75, 3.05) is 19.6 Å². The Hall–Kier alpha value is -1.06. The predicted molar refractivity (Wildman–Crippen MR) is 83.2 cm³/mol. The molecule has 4 heteroatoms. The average molecular weight is 295 g/mol. The lowest BCUT2D eigenvalue weighted by Gasteiger charge is -2.35. The predicted octanol–water partition coefficient (Wildman–Crippen LogP) is 3.19. The first-order valence-corrected chi connectivity index (χ1v) is 7.72. The number of nitrogens with zero attached hydrogens (tertiary/aromatic N) is 1. The van der Waals surface area contributed by atoms with E-state index in [1.807, 2.05) is 0 Å². The summed E-state index contributed by atoms with van der Waals surface area (Å²) in [6.07, 6.45) is 2.51. The molecule has 1 unspecified atom stereocenters. The van der Waals surface area contributed by atoms with Crippen LogP contribution in [0, 0.1) is 5.92 Å². The number of carbonyl (C=O) groups excluding carboxylic acids is 1. The van der Waals surface area contributed by atoms with E-state index in [0.717, 1.165) is 19.0 Å². The van der Waals surface area contributed by atoms with Gasteiger partial charge in [-0.1, -0.05) is 24.6 Å². The van der Waals surface area contributed by atoms with Crippen molar-refractivity contribution in [3.8, 4) is 0 Å². The van der Waals surface area contributed by atoms with Crippen LogP contribution in [-0.2, 0) is 0 Å². The minimum atomic E-state index is -0.0512. The Morgan fingerprint density at radius 3 is 2.80 bits per heavy atom. The summed E-state index contributed by atoms with van der Waals surface area (Å²) in [5, 5.41) is 3.59. The maximum atomic E-state index is 12.0. The van der Waals surface area contributed by atoms with Gasteiger partial charge >= 0.3 is 0 Å². The molecule has 2 rings (SSSR count). The van der Waals surface area contributed by atoms with Gasteiger partial charge in [-0.15, -0.1) is 0 Å². The van der Waals surface area contributed by atoms with Gasteiger partial charge in [0.05, 0.1) is 0 Å². The highest BCUT2D eigenvalue weighted by molar-refractivity contribution is 6.30. The van der Waals surface area contributed by atoms with Gasteiger partial charge in [-0.3, -0.25) is 9.69 Å². The fourth-order valence-corrected chi connectivity index (χ4v) is 2.76. The maximum Gasteiger partial charge on any atom is 0.251 e. The third-order valence-corrected chi connectivity index (χ3v) is 4.32. The van der Waals surface area contributed by atoms with E-state index >= 15 is 0 Å². The minimum Gasteiger partial charge on any atom is -0.350 e. The SMILES string of the molecule is CC1CCN(C(C)CNC(=O)c2cccc(Cl)c2)CC1. The molecular weight excluding hydrogens is 272 g/mol. The molecule has 1 fully saturated rings. The standard InChI is InChI=1S/C16H23ClN2O/c1-12-6-8-19(9-7-12)13(2)11-18-16(20)14-4-3-5-15(17)10-14/h3-5,10,12-13H,6-9,11H2,1-2H3,(H,18,20). The molecule has 0 radical (unpaired) electrons.